The quantitative estimate of drug-likeness (QED) is 0.894. The van der Waals surface area contributed by atoms with Gasteiger partial charge in [-0.1, -0.05) is 33.6 Å². The predicted molar refractivity (Wildman–Crippen MR) is 75.8 cm³/mol. The zero-order chi connectivity index (χ0) is 13.8. The summed E-state index contributed by atoms with van der Waals surface area (Å²) in [7, 11) is 0. The minimum absolute atomic E-state index is 0.229. The molecule has 0 aliphatic rings. The van der Waals surface area contributed by atoms with Crippen molar-refractivity contribution < 1.29 is 14.2 Å². The summed E-state index contributed by atoms with van der Waals surface area (Å²) in [6.45, 7) is 0.00753. The first-order valence-corrected chi connectivity index (χ1v) is 6.72. The predicted octanol–water partition coefficient (Wildman–Crippen LogP) is 4.31. The lowest BCUT2D eigenvalue weighted by Crippen LogP contribution is -1.98. The highest BCUT2D eigenvalue weighted by Crippen LogP contribution is 2.24. The smallest absolute Gasteiger partial charge is 0.127 e. The molecule has 0 fully saturated rings. The Kier molecular flexibility index (Phi) is 4.80. The molecule has 100 valence electrons. The molecular weight excluding hydrogens is 335 g/mol. The van der Waals surface area contributed by atoms with E-state index >= 15 is 0 Å². The van der Waals surface area contributed by atoms with Crippen LogP contribution in [-0.2, 0) is 13.2 Å². The van der Waals surface area contributed by atoms with Gasteiger partial charge in [-0.25, -0.2) is 4.39 Å². The molecule has 2 aromatic carbocycles. The molecule has 2 nitrogen and oxygen atoms in total. The summed E-state index contributed by atoms with van der Waals surface area (Å²) in [4.78, 5) is 0. The van der Waals surface area contributed by atoms with Crippen molar-refractivity contribution in [2.24, 2.45) is 0 Å². The number of aliphatic hydroxyl groups is 1. The maximum atomic E-state index is 13.2. The topological polar surface area (TPSA) is 29.5 Å². The fourth-order valence-corrected chi connectivity index (χ4v) is 2.32. The molecule has 0 saturated heterocycles. The van der Waals surface area contributed by atoms with Crippen LogP contribution in [0.25, 0.3) is 0 Å². The van der Waals surface area contributed by atoms with Gasteiger partial charge in [-0.15, -0.1) is 0 Å². The van der Waals surface area contributed by atoms with Crippen LogP contribution in [0.4, 0.5) is 4.39 Å². The SMILES string of the molecule is OCc1cc(F)cc(OCc2ccc(Br)cc2Cl)c1. The first-order valence-electron chi connectivity index (χ1n) is 5.55. The third-order valence-corrected chi connectivity index (χ3v) is 3.37. The Morgan fingerprint density at radius 1 is 1.21 bits per heavy atom. The molecule has 0 radical (unpaired) electrons. The van der Waals surface area contributed by atoms with Crippen LogP contribution < -0.4 is 4.74 Å². The van der Waals surface area contributed by atoms with E-state index in [9.17, 15) is 4.39 Å². The highest BCUT2D eigenvalue weighted by molar-refractivity contribution is 9.10. The van der Waals surface area contributed by atoms with Gasteiger partial charge in [-0.2, -0.15) is 0 Å². The largest absolute Gasteiger partial charge is 0.489 e. The Hall–Kier alpha value is -1.10. The van der Waals surface area contributed by atoms with Gasteiger partial charge >= 0.3 is 0 Å². The van der Waals surface area contributed by atoms with Crippen LogP contribution in [0.5, 0.6) is 5.75 Å². The molecule has 0 spiro atoms. The number of benzene rings is 2. The molecule has 0 amide bonds. The van der Waals surface area contributed by atoms with E-state index < -0.39 is 5.82 Å². The maximum absolute atomic E-state index is 13.2. The summed E-state index contributed by atoms with van der Waals surface area (Å²) < 4.78 is 19.6. The normalized spacial score (nSPS) is 10.5. The molecule has 0 atom stereocenters. The van der Waals surface area contributed by atoms with Crippen molar-refractivity contribution in [2.45, 2.75) is 13.2 Å². The minimum atomic E-state index is -0.441. The van der Waals surface area contributed by atoms with E-state index in [0.29, 0.717) is 16.3 Å². The first kappa shape index (κ1) is 14.3. The number of aliphatic hydroxyl groups excluding tert-OH is 1. The van der Waals surface area contributed by atoms with E-state index in [4.69, 9.17) is 21.4 Å². The molecule has 2 rings (SSSR count). The van der Waals surface area contributed by atoms with Gasteiger partial charge in [-0.05, 0) is 29.8 Å². The lowest BCUT2D eigenvalue weighted by Gasteiger charge is -2.09. The molecule has 0 aliphatic carbocycles. The van der Waals surface area contributed by atoms with Crippen LogP contribution in [0.1, 0.15) is 11.1 Å². The van der Waals surface area contributed by atoms with Crippen LogP contribution in [0, 0.1) is 5.82 Å². The standard InChI is InChI=1S/C14H11BrClFO2/c15-11-2-1-10(14(16)5-11)8-19-13-4-9(7-18)3-12(17)6-13/h1-6,18H,7-8H2. The average Bonchev–Trinajstić information content (AvgIpc) is 2.37. The van der Waals surface area contributed by atoms with Crippen molar-refractivity contribution in [1.82, 2.24) is 0 Å². The molecule has 5 heteroatoms. The third kappa shape index (κ3) is 3.93. The number of hydrogen-bond acceptors (Lipinski definition) is 2. The molecule has 0 saturated carbocycles. The maximum Gasteiger partial charge on any atom is 0.127 e. The van der Waals surface area contributed by atoms with Gasteiger partial charge in [0.05, 0.1) is 6.61 Å². The lowest BCUT2D eigenvalue weighted by atomic mass is 10.2. The van der Waals surface area contributed by atoms with Crippen molar-refractivity contribution in [1.29, 1.82) is 0 Å². The van der Waals surface area contributed by atoms with Crippen LogP contribution in [0.2, 0.25) is 5.02 Å². The molecular formula is C14H11BrClFO2. The van der Waals surface area contributed by atoms with E-state index in [1.807, 2.05) is 12.1 Å². The summed E-state index contributed by atoms with van der Waals surface area (Å²) in [5.41, 5.74) is 1.27. The van der Waals surface area contributed by atoms with E-state index in [1.165, 1.54) is 12.1 Å². The van der Waals surface area contributed by atoms with E-state index in [-0.39, 0.29) is 13.2 Å². The van der Waals surface area contributed by atoms with Crippen molar-refractivity contribution in [3.8, 4) is 5.75 Å². The monoisotopic (exact) mass is 344 g/mol. The zero-order valence-electron chi connectivity index (χ0n) is 9.87. The zero-order valence-corrected chi connectivity index (χ0v) is 12.2. The molecule has 0 aliphatic heterocycles. The Morgan fingerprint density at radius 3 is 2.68 bits per heavy atom. The fourth-order valence-electron chi connectivity index (χ4n) is 1.60. The fraction of sp³-hybridized carbons (Fsp3) is 0.143. The van der Waals surface area contributed by atoms with Crippen LogP contribution in [0.3, 0.4) is 0 Å². The molecule has 0 unspecified atom stereocenters. The molecule has 0 bridgehead atoms. The van der Waals surface area contributed by atoms with Gasteiger partial charge in [-0.3, -0.25) is 0 Å². The second-order valence-corrected chi connectivity index (χ2v) is 5.30. The second kappa shape index (κ2) is 6.37. The van der Waals surface area contributed by atoms with Gasteiger partial charge < -0.3 is 9.84 Å². The van der Waals surface area contributed by atoms with Crippen molar-refractivity contribution in [3.05, 3.63) is 62.8 Å². The first-order chi connectivity index (χ1) is 9.08. The Morgan fingerprint density at radius 2 is 2.00 bits per heavy atom. The molecule has 1 N–H and O–H groups in total. The lowest BCUT2D eigenvalue weighted by molar-refractivity contribution is 0.276. The second-order valence-electron chi connectivity index (χ2n) is 3.98. The summed E-state index contributed by atoms with van der Waals surface area (Å²) in [6.07, 6.45) is 0. The van der Waals surface area contributed by atoms with Crippen molar-refractivity contribution >= 4 is 27.5 Å². The Balaban J connectivity index is 2.12. The van der Waals surface area contributed by atoms with Crippen LogP contribution in [0.15, 0.2) is 40.9 Å². The number of ether oxygens (including phenoxy) is 1. The van der Waals surface area contributed by atoms with Gasteiger partial charge in [0.1, 0.15) is 18.2 Å². The molecule has 0 heterocycles. The molecule has 0 aromatic heterocycles. The van der Waals surface area contributed by atoms with E-state index in [1.54, 1.807) is 12.1 Å². The van der Waals surface area contributed by atoms with Crippen molar-refractivity contribution in [3.63, 3.8) is 0 Å². The summed E-state index contributed by atoms with van der Waals surface area (Å²) in [5, 5.41) is 9.57. The summed E-state index contributed by atoms with van der Waals surface area (Å²) >= 11 is 9.38. The number of halogens is 3. The third-order valence-electron chi connectivity index (χ3n) is 2.52. The minimum Gasteiger partial charge on any atom is -0.489 e. The number of rotatable bonds is 4. The van der Waals surface area contributed by atoms with Gasteiger partial charge in [0, 0.05) is 21.1 Å². The highest BCUT2D eigenvalue weighted by atomic mass is 79.9. The van der Waals surface area contributed by atoms with Gasteiger partial charge in [0.2, 0.25) is 0 Å². The van der Waals surface area contributed by atoms with Crippen LogP contribution >= 0.6 is 27.5 Å². The highest BCUT2D eigenvalue weighted by Gasteiger charge is 2.05. The average molecular weight is 346 g/mol. The van der Waals surface area contributed by atoms with E-state index in [2.05, 4.69) is 15.9 Å². The Labute approximate surface area is 123 Å². The summed E-state index contributed by atoms with van der Waals surface area (Å²) in [5.74, 6) is -0.0773. The molecule has 19 heavy (non-hydrogen) atoms. The van der Waals surface area contributed by atoms with Crippen molar-refractivity contribution in [2.75, 3.05) is 0 Å². The Bertz CT molecular complexity index is 590. The van der Waals surface area contributed by atoms with Gasteiger partial charge in [0.15, 0.2) is 0 Å². The van der Waals surface area contributed by atoms with Crippen LogP contribution in [-0.4, -0.2) is 5.11 Å². The molecule has 2 aromatic rings. The number of hydrogen-bond donors (Lipinski definition) is 1. The van der Waals surface area contributed by atoms with E-state index in [0.717, 1.165) is 10.0 Å². The summed E-state index contributed by atoms with van der Waals surface area (Å²) in [6, 6.07) is 9.58. The van der Waals surface area contributed by atoms with Gasteiger partial charge in [0.25, 0.3) is 0 Å².